The molecule has 0 bridgehead atoms. The van der Waals surface area contributed by atoms with Gasteiger partial charge in [0.05, 0.1) is 0 Å². The fraction of sp³-hybridized carbons (Fsp3) is 0.182. The van der Waals surface area contributed by atoms with E-state index in [2.05, 4.69) is 49.8 Å². The number of hydrogen-bond acceptors (Lipinski definition) is 0. The van der Waals surface area contributed by atoms with E-state index < -0.39 is 0 Å². The lowest BCUT2D eigenvalue weighted by molar-refractivity contribution is 1.41. The molecule has 0 amide bonds. The zero-order chi connectivity index (χ0) is 8.10. The van der Waals surface area contributed by atoms with Gasteiger partial charge in [0.2, 0.25) is 0 Å². The average Bonchev–Trinajstić information content (AvgIpc) is 2.06. The molecule has 1 aromatic rings. The Balaban J connectivity index is 2.91. The summed E-state index contributed by atoms with van der Waals surface area (Å²) in [7, 11) is 0. The first-order valence-corrected chi connectivity index (χ1v) is 3.89. The van der Waals surface area contributed by atoms with Crippen molar-refractivity contribution in [3.8, 4) is 0 Å². The van der Waals surface area contributed by atoms with E-state index in [4.69, 9.17) is 0 Å². The largest absolute Gasteiger partial charge is 0.0871 e. The third kappa shape index (κ3) is 2.23. The monoisotopic (exact) mass is 145 g/mol. The van der Waals surface area contributed by atoms with Crippen LogP contribution in [0.4, 0.5) is 0 Å². The highest BCUT2D eigenvalue weighted by molar-refractivity contribution is 5.50. The Kier molecular flexibility index (Phi) is 2.91. The normalized spacial score (nSPS) is 10.7. The van der Waals surface area contributed by atoms with Gasteiger partial charge in [-0.05, 0) is 24.5 Å². The summed E-state index contributed by atoms with van der Waals surface area (Å²) in [5.74, 6) is 0. The van der Waals surface area contributed by atoms with Gasteiger partial charge in [-0.2, -0.15) is 0 Å². The maximum Gasteiger partial charge on any atom is -0.0124 e. The van der Waals surface area contributed by atoms with E-state index in [0.29, 0.717) is 0 Å². The van der Waals surface area contributed by atoms with Gasteiger partial charge in [-0.1, -0.05) is 43.3 Å². The molecule has 0 fully saturated rings. The third-order valence-corrected chi connectivity index (χ3v) is 1.60. The molecule has 0 heteroatoms. The van der Waals surface area contributed by atoms with Crippen LogP contribution in [0, 0.1) is 6.42 Å². The number of hydrogen-bond donors (Lipinski definition) is 0. The Morgan fingerprint density at radius 1 is 1.09 bits per heavy atom. The van der Waals surface area contributed by atoms with Gasteiger partial charge in [0, 0.05) is 0 Å². The predicted octanol–water partition coefficient (Wildman–Crippen LogP) is 3.29. The smallest absolute Gasteiger partial charge is 0.0124 e. The SMILES string of the molecule is C[CH]c1cccc(C=CC)c1. The van der Waals surface area contributed by atoms with E-state index in [1.165, 1.54) is 11.1 Å². The first-order valence-electron chi connectivity index (χ1n) is 3.89. The molecule has 0 aliphatic carbocycles. The second kappa shape index (κ2) is 3.97. The maximum atomic E-state index is 2.17. The summed E-state index contributed by atoms with van der Waals surface area (Å²) in [6, 6.07) is 8.45. The van der Waals surface area contributed by atoms with Crippen molar-refractivity contribution in [2.45, 2.75) is 13.8 Å². The molecular formula is C11H13. The molecule has 0 atom stereocenters. The molecule has 0 nitrogen and oxygen atoms in total. The minimum Gasteiger partial charge on any atom is -0.0871 e. The Bertz CT molecular complexity index is 246. The van der Waals surface area contributed by atoms with Crippen molar-refractivity contribution in [2.24, 2.45) is 0 Å². The van der Waals surface area contributed by atoms with Gasteiger partial charge in [0.1, 0.15) is 0 Å². The lowest BCUT2D eigenvalue weighted by atomic mass is 10.1. The Morgan fingerprint density at radius 2 is 1.82 bits per heavy atom. The predicted molar refractivity (Wildman–Crippen MR) is 50.2 cm³/mol. The highest BCUT2D eigenvalue weighted by atomic mass is 13.9. The number of benzene rings is 1. The van der Waals surface area contributed by atoms with E-state index in [1.807, 2.05) is 6.92 Å². The van der Waals surface area contributed by atoms with Crippen LogP contribution in [-0.4, -0.2) is 0 Å². The summed E-state index contributed by atoms with van der Waals surface area (Å²) in [5, 5.41) is 0. The quantitative estimate of drug-likeness (QED) is 0.599. The summed E-state index contributed by atoms with van der Waals surface area (Å²) in [6.07, 6.45) is 6.26. The van der Waals surface area contributed by atoms with E-state index in [-0.39, 0.29) is 0 Å². The highest BCUT2D eigenvalue weighted by Gasteiger charge is 1.88. The molecule has 1 aromatic carbocycles. The van der Waals surface area contributed by atoms with Crippen molar-refractivity contribution in [3.63, 3.8) is 0 Å². The molecule has 0 saturated carbocycles. The topological polar surface area (TPSA) is 0 Å². The lowest BCUT2D eigenvalue weighted by Crippen LogP contribution is -1.77. The molecule has 0 aromatic heterocycles. The van der Waals surface area contributed by atoms with Crippen molar-refractivity contribution in [3.05, 3.63) is 47.9 Å². The van der Waals surface area contributed by atoms with Crippen LogP contribution in [0.3, 0.4) is 0 Å². The molecule has 1 rings (SSSR count). The van der Waals surface area contributed by atoms with Gasteiger partial charge in [0.25, 0.3) is 0 Å². The van der Waals surface area contributed by atoms with Gasteiger partial charge >= 0.3 is 0 Å². The zero-order valence-corrected chi connectivity index (χ0v) is 7.04. The van der Waals surface area contributed by atoms with Crippen LogP contribution in [-0.2, 0) is 0 Å². The van der Waals surface area contributed by atoms with Crippen molar-refractivity contribution in [2.75, 3.05) is 0 Å². The molecule has 0 spiro atoms. The van der Waals surface area contributed by atoms with Crippen molar-refractivity contribution < 1.29 is 0 Å². The molecule has 57 valence electrons. The van der Waals surface area contributed by atoms with Crippen LogP contribution in [0.5, 0.6) is 0 Å². The first kappa shape index (κ1) is 8.06. The van der Waals surface area contributed by atoms with Crippen molar-refractivity contribution in [1.82, 2.24) is 0 Å². The van der Waals surface area contributed by atoms with Crippen molar-refractivity contribution >= 4 is 6.08 Å². The fourth-order valence-corrected chi connectivity index (χ4v) is 1.03. The Labute approximate surface area is 68.6 Å². The molecule has 0 aliphatic rings. The third-order valence-electron chi connectivity index (χ3n) is 1.60. The van der Waals surface area contributed by atoms with Gasteiger partial charge in [-0.25, -0.2) is 0 Å². The van der Waals surface area contributed by atoms with Gasteiger partial charge in [-0.15, -0.1) is 0 Å². The summed E-state index contributed by atoms with van der Waals surface area (Å²) in [6.45, 7) is 4.08. The Morgan fingerprint density at radius 3 is 2.45 bits per heavy atom. The summed E-state index contributed by atoms with van der Waals surface area (Å²) >= 11 is 0. The molecule has 0 saturated heterocycles. The van der Waals surface area contributed by atoms with Crippen LogP contribution in [0.2, 0.25) is 0 Å². The van der Waals surface area contributed by atoms with E-state index in [1.54, 1.807) is 0 Å². The second-order valence-corrected chi connectivity index (χ2v) is 2.46. The lowest BCUT2D eigenvalue weighted by Gasteiger charge is -1.96. The molecule has 11 heavy (non-hydrogen) atoms. The fourth-order valence-electron chi connectivity index (χ4n) is 1.03. The molecule has 0 aliphatic heterocycles. The zero-order valence-electron chi connectivity index (χ0n) is 7.04. The molecule has 0 heterocycles. The average molecular weight is 145 g/mol. The molecular weight excluding hydrogens is 132 g/mol. The van der Waals surface area contributed by atoms with Crippen LogP contribution in [0.15, 0.2) is 30.3 Å². The van der Waals surface area contributed by atoms with Crippen LogP contribution in [0.1, 0.15) is 25.0 Å². The van der Waals surface area contributed by atoms with Gasteiger partial charge < -0.3 is 0 Å². The molecule has 0 unspecified atom stereocenters. The molecule has 1 radical (unpaired) electrons. The van der Waals surface area contributed by atoms with E-state index in [0.717, 1.165) is 0 Å². The number of allylic oxidation sites excluding steroid dienone is 1. The summed E-state index contributed by atoms with van der Waals surface area (Å²) in [4.78, 5) is 0. The van der Waals surface area contributed by atoms with E-state index >= 15 is 0 Å². The van der Waals surface area contributed by atoms with Gasteiger partial charge in [-0.3, -0.25) is 0 Å². The number of rotatable bonds is 2. The highest BCUT2D eigenvalue weighted by Crippen LogP contribution is 2.08. The minimum atomic E-state index is 1.27. The summed E-state index contributed by atoms with van der Waals surface area (Å²) in [5.41, 5.74) is 2.55. The van der Waals surface area contributed by atoms with Gasteiger partial charge in [0.15, 0.2) is 0 Å². The summed E-state index contributed by atoms with van der Waals surface area (Å²) < 4.78 is 0. The second-order valence-electron chi connectivity index (χ2n) is 2.46. The minimum absolute atomic E-state index is 1.27. The first-order chi connectivity index (χ1) is 5.36. The maximum absolute atomic E-state index is 2.17. The van der Waals surface area contributed by atoms with E-state index in [9.17, 15) is 0 Å². The Hall–Kier alpha value is -1.04. The van der Waals surface area contributed by atoms with Crippen molar-refractivity contribution in [1.29, 1.82) is 0 Å². The van der Waals surface area contributed by atoms with Crippen LogP contribution < -0.4 is 0 Å². The van der Waals surface area contributed by atoms with Crippen LogP contribution in [0.25, 0.3) is 6.08 Å². The standard InChI is InChI=1S/C11H13/c1-3-6-11-8-5-7-10(4-2)9-11/h3-9H,1-2H3. The molecule has 0 N–H and O–H groups in total. The van der Waals surface area contributed by atoms with Crippen LogP contribution >= 0.6 is 0 Å².